The summed E-state index contributed by atoms with van der Waals surface area (Å²) in [5, 5.41) is 3.36. The second-order valence-electron chi connectivity index (χ2n) is 5.58. The van der Waals surface area contributed by atoms with E-state index in [-0.39, 0.29) is 5.41 Å². The van der Waals surface area contributed by atoms with E-state index in [1.807, 2.05) is 12.4 Å². The monoisotopic (exact) mass is 235 g/mol. The molecular formula is C13H21N3O. The molecule has 1 fully saturated rings. The third-order valence-electron chi connectivity index (χ3n) is 3.07. The van der Waals surface area contributed by atoms with Crippen LogP contribution in [0.3, 0.4) is 0 Å². The summed E-state index contributed by atoms with van der Waals surface area (Å²) in [6.45, 7) is 8.15. The summed E-state index contributed by atoms with van der Waals surface area (Å²) >= 11 is 0. The first-order valence-electron chi connectivity index (χ1n) is 6.22. The zero-order valence-electron chi connectivity index (χ0n) is 10.9. The molecule has 0 spiro atoms. The lowest BCUT2D eigenvalue weighted by molar-refractivity contribution is 0.0903. The van der Waals surface area contributed by atoms with Crippen LogP contribution in [0.2, 0.25) is 0 Å². The molecule has 1 saturated heterocycles. The molecule has 0 saturated carbocycles. The maximum atomic E-state index is 5.32. The summed E-state index contributed by atoms with van der Waals surface area (Å²) in [5.74, 6) is 0.727. The van der Waals surface area contributed by atoms with Crippen LogP contribution in [0.15, 0.2) is 12.4 Å². The van der Waals surface area contributed by atoms with Crippen molar-refractivity contribution in [2.75, 3.05) is 18.5 Å². The number of hydrogen-bond acceptors (Lipinski definition) is 4. The van der Waals surface area contributed by atoms with Crippen molar-refractivity contribution in [1.29, 1.82) is 0 Å². The summed E-state index contributed by atoms with van der Waals surface area (Å²) in [6, 6.07) is 0.448. The molecule has 4 nitrogen and oxygen atoms in total. The largest absolute Gasteiger partial charge is 0.381 e. The van der Waals surface area contributed by atoms with Crippen molar-refractivity contribution < 1.29 is 4.74 Å². The number of rotatable bonds is 2. The van der Waals surface area contributed by atoms with Gasteiger partial charge in [-0.05, 0) is 23.8 Å². The van der Waals surface area contributed by atoms with E-state index in [0.29, 0.717) is 6.04 Å². The third kappa shape index (κ3) is 3.40. The molecule has 0 aromatic carbocycles. The Hall–Kier alpha value is -1.16. The maximum Gasteiger partial charge on any atom is 0.222 e. The van der Waals surface area contributed by atoms with Crippen molar-refractivity contribution in [2.45, 2.75) is 45.1 Å². The highest BCUT2D eigenvalue weighted by molar-refractivity contribution is 5.28. The molecular weight excluding hydrogens is 214 g/mol. The molecule has 1 aromatic rings. The molecule has 2 heterocycles. The molecule has 17 heavy (non-hydrogen) atoms. The van der Waals surface area contributed by atoms with Crippen molar-refractivity contribution >= 4 is 5.95 Å². The van der Waals surface area contributed by atoms with Gasteiger partial charge in [0.25, 0.3) is 0 Å². The normalized spacial score (nSPS) is 18.1. The van der Waals surface area contributed by atoms with E-state index in [9.17, 15) is 0 Å². The minimum absolute atomic E-state index is 0.108. The van der Waals surface area contributed by atoms with E-state index in [2.05, 4.69) is 36.1 Å². The Bertz CT molecular complexity index is 350. The first-order chi connectivity index (χ1) is 8.05. The van der Waals surface area contributed by atoms with Crippen LogP contribution in [-0.2, 0) is 10.2 Å². The van der Waals surface area contributed by atoms with Gasteiger partial charge in [0.2, 0.25) is 5.95 Å². The van der Waals surface area contributed by atoms with Gasteiger partial charge in [0.05, 0.1) is 0 Å². The van der Waals surface area contributed by atoms with Gasteiger partial charge in [-0.15, -0.1) is 0 Å². The number of anilines is 1. The van der Waals surface area contributed by atoms with E-state index in [1.54, 1.807) is 0 Å². The van der Waals surface area contributed by atoms with Crippen LogP contribution in [0.1, 0.15) is 39.2 Å². The molecule has 1 aliphatic rings. The zero-order chi connectivity index (χ0) is 12.3. The highest BCUT2D eigenvalue weighted by Gasteiger charge is 2.16. The van der Waals surface area contributed by atoms with Crippen LogP contribution in [0.5, 0.6) is 0 Å². The molecule has 4 heteroatoms. The van der Waals surface area contributed by atoms with Gasteiger partial charge in [-0.1, -0.05) is 20.8 Å². The van der Waals surface area contributed by atoms with E-state index >= 15 is 0 Å². The van der Waals surface area contributed by atoms with E-state index in [1.165, 1.54) is 0 Å². The fraction of sp³-hybridized carbons (Fsp3) is 0.692. The van der Waals surface area contributed by atoms with Crippen LogP contribution < -0.4 is 5.32 Å². The van der Waals surface area contributed by atoms with Crippen LogP contribution >= 0.6 is 0 Å². The van der Waals surface area contributed by atoms with Gasteiger partial charge < -0.3 is 10.1 Å². The highest BCUT2D eigenvalue weighted by atomic mass is 16.5. The Morgan fingerprint density at radius 1 is 1.18 bits per heavy atom. The molecule has 0 atom stereocenters. The number of nitrogens with one attached hydrogen (secondary N) is 1. The Kier molecular flexibility index (Phi) is 3.62. The van der Waals surface area contributed by atoms with Crippen molar-refractivity contribution in [1.82, 2.24) is 9.97 Å². The maximum absolute atomic E-state index is 5.32. The number of nitrogens with zero attached hydrogens (tertiary/aromatic N) is 2. The molecule has 1 aromatic heterocycles. The van der Waals surface area contributed by atoms with Crippen LogP contribution in [-0.4, -0.2) is 29.2 Å². The van der Waals surface area contributed by atoms with Crippen LogP contribution in [0, 0.1) is 0 Å². The van der Waals surface area contributed by atoms with Gasteiger partial charge in [-0.3, -0.25) is 0 Å². The topological polar surface area (TPSA) is 47.0 Å². The lowest BCUT2D eigenvalue weighted by Gasteiger charge is -2.23. The van der Waals surface area contributed by atoms with E-state index in [0.717, 1.165) is 37.6 Å². The van der Waals surface area contributed by atoms with Gasteiger partial charge in [0.15, 0.2) is 0 Å². The summed E-state index contributed by atoms with van der Waals surface area (Å²) in [6.07, 6.45) is 5.89. The molecule has 1 aliphatic heterocycles. The third-order valence-corrected chi connectivity index (χ3v) is 3.07. The fourth-order valence-electron chi connectivity index (χ4n) is 1.81. The summed E-state index contributed by atoms with van der Waals surface area (Å²) in [7, 11) is 0. The molecule has 0 radical (unpaired) electrons. The predicted octanol–water partition coefficient (Wildman–Crippen LogP) is 2.37. The van der Waals surface area contributed by atoms with E-state index < -0.39 is 0 Å². The summed E-state index contributed by atoms with van der Waals surface area (Å²) in [4.78, 5) is 8.75. The lowest BCUT2D eigenvalue weighted by Crippen LogP contribution is -2.28. The summed E-state index contributed by atoms with van der Waals surface area (Å²) < 4.78 is 5.32. The fourth-order valence-corrected chi connectivity index (χ4v) is 1.81. The predicted molar refractivity (Wildman–Crippen MR) is 68.2 cm³/mol. The Balaban J connectivity index is 1.98. The van der Waals surface area contributed by atoms with Crippen molar-refractivity contribution in [2.24, 2.45) is 0 Å². The lowest BCUT2D eigenvalue weighted by atomic mass is 9.89. The number of aromatic nitrogens is 2. The minimum atomic E-state index is 0.108. The van der Waals surface area contributed by atoms with Crippen LogP contribution in [0.25, 0.3) is 0 Å². The minimum Gasteiger partial charge on any atom is -0.381 e. The Labute approximate surface area is 103 Å². The quantitative estimate of drug-likeness (QED) is 0.855. The second kappa shape index (κ2) is 5.00. The van der Waals surface area contributed by atoms with E-state index in [4.69, 9.17) is 4.74 Å². The molecule has 0 aliphatic carbocycles. The van der Waals surface area contributed by atoms with Gasteiger partial charge in [-0.2, -0.15) is 0 Å². The molecule has 0 bridgehead atoms. The van der Waals surface area contributed by atoms with Crippen molar-refractivity contribution in [3.8, 4) is 0 Å². The van der Waals surface area contributed by atoms with Gasteiger partial charge in [-0.25, -0.2) is 9.97 Å². The molecule has 0 amide bonds. The average molecular weight is 235 g/mol. The average Bonchev–Trinajstić information content (AvgIpc) is 2.30. The van der Waals surface area contributed by atoms with Gasteiger partial charge in [0.1, 0.15) is 0 Å². The first kappa shape index (κ1) is 12.3. The first-order valence-corrected chi connectivity index (χ1v) is 6.22. The molecule has 1 N–H and O–H groups in total. The van der Waals surface area contributed by atoms with Gasteiger partial charge in [0, 0.05) is 31.6 Å². The van der Waals surface area contributed by atoms with Crippen LogP contribution in [0.4, 0.5) is 5.95 Å². The van der Waals surface area contributed by atoms with Crippen molar-refractivity contribution in [3.63, 3.8) is 0 Å². The highest BCUT2D eigenvalue weighted by Crippen LogP contribution is 2.21. The number of hydrogen-bond donors (Lipinski definition) is 1. The Morgan fingerprint density at radius 3 is 2.29 bits per heavy atom. The molecule has 94 valence electrons. The Morgan fingerprint density at radius 2 is 1.76 bits per heavy atom. The zero-order valence-corrected chi connectivity index (χ0v) is 10.9. The molecule has 0 unspecified atom stereocenters. The number of ether oxygens (including phenoxy) is 1. The molecule has 2 rings (SSSR count). The smallest absolute Gasteiger partial charge is 0.222 e. The summed E-state index contributed by atoms with van der Waals surface area (Å²) in [5.41, 5.74) is 1.27. The SMILES string of the molecule is CC(C)(C)c1cnc(NC2CCOCC2)nc1. The second-order valence-corrected chi connectivity index (χ2v) is 5.58. The van der Waals surface area contributed by atoms with Crippen molar-refractivity contribution in [3.05, 3.63) is 18.0 Å². The van der Waals surface area contributed by atoms with Gasteiger partial charge >= 0.3 is 0 Å². The standard InChI is InChI=1S/C13H21N3O/c1-13(2,3)10-8-14-12(15-9-10)16-11-4-6-17-7-5-11/h8-9,11H,4-7H2,1-3H3,(H,14,15,16).